The van der Waals surface area contributed by atoms with Crippen LogP contribution in [-0.2, 0) is 9.84 Å². The summed E-state index contributed by atoms with van der Waals surface area (Å²) >= 11 is 0. The van der Waals surface area contributed by atoms with Gasteiger partial charge in [0.25, 0.3) is 11.8 Å². The number of rotatable bonds is 4. The molecule has 0 radical (unpaired) electrons. The average molecular weight is 383 g/mol. The summed E-state index contributed by atoms with van der Waals surface area (Å²) in [6.45, 7) is 0. The van der Waals surface area contributed by atoms with E-state index in [1.54, 1.807) is 24.3 Å². The summed E-state index contributed by atoms with van der Waals surface area (Å²) in [5.74, 6) is -1.01. The molecule has 0 saturated carbocycles. The number of nitrogens with zero attached hydrogens (tertiary/aromatic N) is 1. The van der Waals surface area contributed by atoms with Crippen LogP contribution in [0.5, 0.6) is 0 Å². The molecule has 3 aromatic rings. The molecule has 1 heterocycles. The zero-order valence-corrected chi connectivity index (χ0v) is 15.2. The van der Waals surface area contributed by atoms with Gasteiger partial charge in [-0.1, -0.05) is 0 Å². The van der Waals surface area contributed by atoms with Gasteiger partial charge in [0.1, 0.15) is 0 Å². The maximum absolute atomic E-state index is 12.2. The lowest BCUT2D eigenvalue weighted by atomic mass is 10.2. The molecule has 27 heavy (non-hydrogen) atoms. The summed E-state index contributed by atoms with van der Waals surface area (Å²) in [4.78, 5) is 24.3. The van der Waals surface area contributed by atoms with E-state index in [1.165, 1.54) is 24.3 Å². The van der Waals surface area contributed by atoms with E-state index in [4.69, 9.17) is 0 Å². The summed E-state index contributed by atoms with van der Waals surface area (Å²) in [6.07, 6.45) is 4.87. The Morgan fingerprint density at radius 3 is 1.67 bits per heavy atom. The van der Waals surface area contributed by atoms with E-state index in [-0.39, 0.29) is 10.5 Å². The highest BCUT2D eigenvalue weighted by Crippen LogP contribution is 2.11. The van der Waals surface area contributed by atoms with E-state index in [2.05, 4.69) is 10.9 Å². The third-order valence-electron chi connectivity index (χ3n) is 3.87. The summed E-state index contributed by atoms with van der Waals surface area (Å²) in [7, 11) is -3.33. The second-order valence-electron chi connectivity index (χ2n) is 5.84. The molecule has 0 saturated heterocycles. The Hall–Kier alpha value is -3.39. The molecular formula is C19H17N3O4S. The second-order valence-corrected chi connectivity index (χ2v) is 7.86. The van der Waals surface area contributed by atoms with E-state index < -0.39 is 21.7 Å². The van der Waals surface area contributed by atoms with Crippen LogP contribution in [0, 0.1) is 0 Å². The molecule has 7 nitrogen and oxygen atoms in total. The largest absolute Gasteiger partial charge is 0.324 e. The predicted octanol–water partition coefficient (Wildman–Crippen LogP) is 1.96. The monoisotopic (exact) mass is 383 g/mol. The lowest BCUT2D eigenvalue weighted by molar-refractivity contribution is 0.0846. The van der Waals surface area contributed by atoms with Crippen molar-refractivity contribution in [2.24, 2.45) is 0 Å². The van der Waals surface area contributed by atoms with Gasteiger partial charge in [-0.3, -0.25) is 20.4 Å². The Morgan fingerprint density at radius 2 is 1.22 bits per heavy atom. The Kier molecular flexibility index (Phi) is 5.09. The van der Waals surface area contributed by atoms with Crippen LogP contribution in [0.15, 0.2) is 78.0 Å². The first-order valence-electron chi connectivity index (χ1n) is 7.99. The topological polar surface area (TPSA) is 97.3 Å². The fraction of sp³-hybridized carbons (Fsp3) is 0.0526. The molecule has 0 bridgehead atoms. The SMILES string of the molecule is CS(=O)(=O)c1ccc(C(=O)NNC(=O)c2ccc(-n3cccc3)cc2)cc1. The van der Waals surface area contributed by atoms with Crippen LogP contribution >= 0.6 is 0 Å². The first-order chi connectivity index (χ1) is 12.8. The van der Waals surface area contributed by atoms with Crippen LogP contribution < -0.4 is 10.9 Å². The van der Waals surface area contributed by atoms with E-state index in [0.29, 0.717) is 5.56 Å². The molecule has 0 fully saturated rings. The minimum Gasteiger partial charge on any atom is -0.324 e. The highest BCUT2D eigenvalue weighted by molar-refractivity contribution is 7.90. The molecule has 8 heteroatoms. The van der Waals surface area contributed by atoms with Crippen molar-refractivity contribution in [1.29, 1.82) is 0 Å². The molecule has 3 rings (SSSR count). The number of nitrogens with one attached hydrogen (secondary N) is 2. The number of hydrogen-bond acceptors (Lipinski definition) is 4. The first-order valence-corrected chi connectivity index (χ1v) is 9.88. The standard InChI is InChI=1S/C19H17N3O4S/c1-27(25,26)17-10-6-15(7-11-17)19(24)21-20-18(23)14-4-8-16(9-5-14)22-12-2-3-13-22/h2-13H,1H3,(H,20,23)(H,21,24). The Bertz CT molecular complexity index is 1060. The molecule has 1 aromatic heterocycles. The van der Waals surface area contributed by atoms with Crippen LogP contribution in [0.4, 0.5) is 0 Å². The van der Waals surface area contributed by atoms with Crippen LogP contribution in [0.1, 0.15) is 20.7 Å². The van der Waals surface area contributed by atoms with E-state index in [0.717, 1.165) is 11.9 Å². The normalized spacial score (nSPS) is 11.0. The van der Waals surface area contributed by atoms with Gasteiger partial charge in [0.2, 0.25) is 0 Å². The predicted molar refractivity (Wildman–Crippen MR) is 100 cm³/mol. The lowest BCUT2D eigenvalue weighted by Gasteiger charge is -2.09. The van der Waals surface area contributed by atoms with Crippen molar-refractivity contribution in [1.82, 2.24) is 15.4 Å². The maximum atomic E-state index is 12.2. The molecule has 2 amide bonds. The molecule has 0 aliphatic carbocycles. The van der Waals surface area contributed by atoms with E-state index in [1.807, 2.05) is 29.1 Å². The summed E-state index contributed by atoms with van der Waals surface area (Å²) in [5, 5.41) is 0. The van der Waals surface area contributed by atoms with Crippen LogP contribution in [-0.4, -0.2) is 31.1 Å². The molecule has 0 spiro atoms. The molecule has 0 atom stereocenters. The van der Waals surface area contributed by atoms with Crippen LogP contribution in [0.3, 0.4) is 0 Å². The smallest absolute Gasteiger partial charge is 0.269 e. The number of hydrazine groups is 1. The van der Waals surface area contributed by atoms with E-state index >= 15 is 0 Å². The Morgan fingerprint density at radius 1 is 0.778 bits per heavy atom. The number of hydrogen-bond donors (Lipinski definition) is 2. The zero-order chi connectivity index (χ0) is 19.4. The van der Waals surface area contributed by atoms with Crippen molar-refractivity contribution in [2.75, 3.05) is 6.26 Å². The first kappa shape index (κ1) is 18.4. The fourth-order valence-electron chi connectivity index (χ4n) is 2.40. The van der Waals surface area contributed by atoms with Crippen molar-refractivity contribution in [3.8, 4) is 5.69 Å². The number of carbonyl (C=O) groups is 2. The minimum atomic E-state index is -3.33. The number of amides is 2. The van der Waals surface area contributed by atoms with Gasteiger partial charge in [0.15, 0.2) is 9.84 Å². The quantitative estimate of drug-likeness (QED) is 0.673. The second kappa shape index (κ2) is 7.46. The molecule has 0 aliphatic heterocycles. The maximum Gasteiger partial charge on any atom is 0.269 e. The Balaban J connectivity index is 1.60. The van der Waals surface area contributed by atoms with Gasteiger partial charge in [-0.15, -0.1) is 0 Å². The molecule has 2 N–H and O–H groups in total. The van der Waals surface area contributed by atoms with E-state index in [9.17, 15) is 18.0 Å². The number of aromatic nitrogens is 1. The minimum absolute atomic E-state index is 0.117. The van der Waals surface area contributed by atoms with Crippen LogP contribution in [0.25, 0.3) is 5.69 Å². The molecule has 0 unspecified atom stereocenters. The van der Waals surface area contributed by atoms with Crippen molar-refractivity contribution in [3.63, 3.8) is 0 Å². The zero-order valence-electron chi connectivity index (χ0n) is 14.4. The van der Waals surface area contributed by atoms with Crippen molar-refractivity contribution < 1.29 is 18.0 Å². The third kappa shape index (κ3) is 4.42. The molecule has 2 aromatic carbocycles. The van der Waals surface area contributed by atoms with Gasteiger partial charge in [0, 0.05) is 35.5 Å². The molecular weight excluding hydrogens is 366 g/mol. The van der Waals surface area contributed by atoms with Crippen molar-refractivity contribution in [2.45, 2.75) is 4.90 Å². The third-order valence-corrected chi connectivity index (χ3v) is 4.99. The number of benzene rings is 2. The van der Waals surface area contributed by atoms with Gasteiger partial charge in [-0.05, 0) is 60.7 Å². The van der Waals surface area contributed by atoms with Gasteiger partial charge < -0.3 is 4.57 Å². The fourth-order valence-corrected chi connectivity index (χ4v) is 3.03. The van der Waals surface area contributed by atoms with Gasteiger partial charge in [0.05, 0.1) is 4.90 Å². The summed E-state index contributed by atoms with van der Waals surface area (Å²) in [5.41, 5.74) is 6.16. The van der Waals surface area contributed by atoms with Crippen molar-refractivity contribution in [3.05, 3.63) is 84.2 Å². The highest BCUT2D eigenvalue weighted by Gasteiger charge is 2.11. The highest BCUT2D eigenvalue weighted by atomic mass is 32.2. The van der Waals surface area contributed by atoms with Gasteiger partial charge >= 0.3 is 0 Å². The number of sulfone groups is 1. The van der Waals surface area contributed by atoms with Gasteiger partial charge in [-0.25, -0.2) is 8.42 Å². The molecule has 138 valence electrons. The Labute approximate surface area is 156 Å². The average Bonchev–Trinajstić information content (AvgIpc) is 3.20. The number of carbonyl (C=O) groups excluding carboxylic acids is 2. The van der Waals surface area contributed by atoms with Crippen LogP contribution in [0.2, 0.25) is 0 Å². The lowest BCUT2D eigenvalue weighted by Crippen LogP contribution is -2.41. The molecule has 0 aliphatic rings. The van der Waals surface area contributed by atoms with Crippen molar-refractivity contribution >= 4 is 21.7 Å². The van der Waals surface area contributed by atoms with Gasteiger partial charge in [-0.2, -0.15) is 0 Å². The summed E-state index contributed by atoms with van der Waals surface area (Å²) < 4.78 is 24.8. The summed E-state index contributed by atoms with van der Waals surface area (Å²) in [6, 6.07) is 16.1.